The van der Waals surface area contributed by atoms with Gasteiger partial charge in [0, 0.05) is 18.3 Å². The third-order valence-corrected chi connectivity index (χ3v) is 3.17. The topological polar surface area (TPSA) is 61.7 Å². The minimum Gasteiger partial charge on any atom is -0.493 e. The average Bonchev–Trinajstić information content (AvgIpc) is 3.25. The second-order valence-corrected chi connectivity index (χ2v) is 5.22. The Hall–Kier alpha value is -1.47. The normalized spacial score (nSPS) is 16.6. The summed E-state index contributed by atoms with van der Waals surface area (Å²) in [6.07, 6.45) is -3.40. The average molecular weight is 305 g/mol. The van der Waals surface area contributed by atoms with Crippen molar-refractivity contribution in [2.75, 3.05) is 25.1 Å². The highest BCUT2D eigenvalue weighted by Gasteiger charge is 2.32. The Kier molecular flexibility index (Phi) is 4.95. The van der Waals surface area contributed by atoms with Crippen LogP contribution in [0.4, 0.5) is 18.9 Å². The number of hydrogen-bond donors (Lipinski definition) is 3. The molecular weight excluding hydrogens is 287 g/mol. The Labute approximate surface area is 120 Å². The van der Waals surface area contributed by atoms with Crippen molar-refractivity contribution in [1.29, 1.82) is 0 Å². The zero-order valence-electron chi connectivity index (χ0n) is 11.4. The van der Waals surface area contributed by atoms with Gasteiger partial charge in [0.05, 0.1) is 24.9 Å². The molecule has 21 heavy (non-hydrogen) atoms. The minimum atomic E-state index is -4.47. The van der Waals surface area contributed by atoms with Gasteiger partial charge in [-0.2, -0.15) is 13.2 Å². The second kappa shape index (κ2) is 6.53. The number of benzene rings is 1. The van der Waals surface area contributed by atoms with Crippen molar-refractivity contribution in [3.05, 3.63) is 23.8 Å². The van der Waals surface area contributed by atoms with Gasteiger partial charge in [0.25, 0.3) is 0 Å². The van der Waals surface area contributed by atoms with Crippen molar-refractivity contribution in [2.45, 2.75) is 25.1 Å². The largest absolute Gasteiger partial charge is 0.493 e. The molecule has 0 aliphatic heterocycles. The van der Waals surface area contributed by atoms with Crippen molar-refractivity contribution in [1.82, 2.24) is 0 Å². The summed E-state index contributed by atoms with van der Waals surface area (Å²) in [5.41, 5.74) is -0.611. The van der Waals surface area contributed by atoms with Gasteiger partial charge in [-0.1, -0.05) is 0 Å². The summed E-state index contributed by atoms with van der Waals surface area (Å²) < 4.78 is 43.9. The lowest BCUT2D eigenvalue weighted by Gasteiger charge is -2.15. The van der Waals surface area contributed by atoms with Crippen molar-refractivity contribution in [2.24, 2.45) is 5.92 Å². The summed E-state index contributed by atoms with van der Waals surface area (Å²) in [4.78, 5) is 0. The van der Waals surface area contributed by atoms with E-state index in [1.165, 1.54) is 6.07 Å². The van der Waals surface area contributed by atoms with Crippen LogP contribution in [0.5, 0.6) is 5.75 Å². The van der Waals surface area contributed by atoms with E-state index < -0.39 is 24.5 Å². The van der Waals surface area contributed by atoms with Gasteiger partial charge >= 0.3 is 6.18 Å². The number of aliphatic hydroxyl groups excluding tert-OH is 2. The SMILES string of the molecule is OCC(O)CNc1cc(OCC2CC2)cc(C(F)(F)F)c1. The van der Waals surface area contributed by atoms with Crippen LogP contribution in [0.25, 0.3) is 0 Å². The van der Waals surface area contributed by atoms with Crippen LogP contribution < -0.4 is 10.1 Å². The molecule has 1 aromatic rings. The van der Waals surface area contributed by atoms with Gasteiger partial charge in [-0.25, -0.2) is 0 Å². The lowest BCUT2D eigenvalue weighted by atomic mass is 10.1. The van der Waals surface area contributed by atoms with Crippen molar-refractivity contribution in [3.63, 3.8) is 0 Å². The molecular formula is C14H18F3NO3. The van der Waals surface area contributed by atoms with Crippen molar-refractivity contribution >= 4 is 5.69 Å². The molecule has 0 radical (unpaired) electrons. The van der Waals surface area contributed by atoms with E-state index in [2.05, 4.69) is 5.32 Å². The molecule has 3 N–H and O–H groups in total. The lowest BCUT2D eigenvalue weighted by molar-refractivity contribution is -0.137. The molecule has 1 aromatic carbocycles. The lowest BCUT2D eigenvalue weighted by Crippen LogP contribution is -2.23. The molecule has 4 nitrogen and oxygen atoms in total. The van der Waals surface area contributed by atoms with Crippen LogP contribution in [-0.2, 0) is 6.18 Å². The van der Waals surface area contributed by atoms with E-state index in [1.807, 2.05) is 0 Å². The minimum absolute atomic E-state index is 0.0418. The second-order valence-electron chi connectivity index (χ2n) is 5.22. The van der Waals surface area contributed by atoms with E-state index >= 15 is 0 Å². The van der Waals surface area contributed by atoms with Crippen molar-refractivity contribution < 1.29 is 28.1 Å². The molecule has 1 aliphatic rings. The Morgan fingerprint density at radius 1 is 1.29 bits per heavy atom. The highest BCUT2D eigenvalue weighted by molar-refractivity contribution is 5.52. The molecule has 1 saturated carbocycles. The molecule has 0 spiro atoms. The van der Waals surface area contributed by atoms with E-state index in [0.29, 0.717) is 12.5 Å². The monoisotopic (exact) mass is 305 g/mol. The predicted molar refractivity (Wildman–Crippen MR) is 71.2 cm³/mol. The molecule has 118 valence electrons. The van der Waals surface area contributed by atoms with Crippen LogP contribution in [0.15, 0.2) is 18.2 Å². The first kappa shape index (κ1) is 15.9. The first-order valence-electron chi connectivity index (χ1n) is 6.76. The molecule has 1 aliphatic carbocycles. The van der Waals surface area contributed by atoms with E-state index in [4.69, 9.17) is 9.84 Å². The van der Waals surface area contributed by atoms with Gasteiger partial charge in [-0.05, 0) is 30.9 Å². The van der Waals surface area contributed by atoms with Crippen LogP contribution in [0.1, 0.15) is 18.4 Å². The molecule has 0 aromatic heterocycles. The van der Waals surface area contributed by atoms with Gasteiger partial charge in [0.2, 0.25) is 0 Å². The van der Waals surface area contributed by atoms with E-state index in [1.54, 1.807) is 0 Å². The first-order valence-corrected chi connectivity index (χ1v) is 6.76. The summed E-state index contributed by atoms with van der Waals surface area (Å²) in [5, 5.41) is 20.6. The maximum Gasteiger partial charge on any atom is 0.416 e. The Morgan fingerprint density at radius 3 is 2.57 bits per heavy atom. The van der Waals surface area contributed by atoms with Crippen LogP contribution in [0.3, 0.4) is 0 Å². The van der Waals surface area contributed by atoms with Crippen LogP contribution >= 0.6 is 0 Å². The Balaban J connectivity index is 2.10. The van der Waals surface area contributed by atoms with Crippen LogP contribution in [-0.4, -0.2) is 36.1 Å². The molecule has 0 heterocycles. The molecule has 0 amide bonds. The van der Waals surface area contributed by atoms with E-state index in [9.17, 15) is 18.3 Å². The maximum absolute atomic E-state index is 12.9. The molecule has 1 atom stereocenters. The zero-order chi connectivity index (χ0) is 15.5. The van der Waals surface area contributed by atoms with Gasteiger partial charge in [0.15, 0.2) is 0 Å². The fraction of sp³-hybridized carbons (Fsp3) is 0.571. The van der Waals surface area contributed by atoms with E-state index in [0.717, 1.165) is 25.0 Å². The quantitative estimate of drug-likeness (QED) is 0.723. The summed E-state index contributed by atoms with van der Waals surface area (Å²) in [6.45, 7) is -0.0864. The number of anilines is 1. The fourth-order valence-corrected chi connectivity index (χ4v) is 1.75. The zero-order valence-corrected chi connectivity index (χ0v) is 11.4. The number of alkyl halides is 3. The highest BCUT2D eigenvalue weighted by Crippen LogP contribution is 2.35. The van der Waals surface area contributed by atoms with Gasteiger partial charge in [0.1, 0.15) is 5.75 Å². The summed E-state index contributed by atoms with van der Waals surface area (Å²) in [5.74, 6) is 0.588. The van der Waals surface area contributed by atoms with Gasteiger partial charge in [-0.3, -0.25) is 0 Å². The molecule has 7 heteroatoms. The number of aliphatic hydroxyl groups is 2. The predicted octanol–water partition coefficient (Wildman–Crippen LogP) is 2.26. The number of nitrogens with one attached hydrogen (secondary N) is 1. The summed E-state index contributed by atoms with van der Waals surface area (Å²) in [6, 6.07) is 3.38. The molecule has 0 saturated heterocycles. The Morgan fingerprint density at radius 2 is 2.00 bits per heavy atom. The molecule has 2 rings (SSSR count). The number of ether oxygens (including phenoxy) is 1. The maximum atomic E-state index is 12.9. The third-order valence-electron chi connectivity index (χ3n) is 3.17. The number of hydrogen-bond acceptors (Lipinski definition) is 4. The van der Waals surface area contributed by atoms with E-state index in [-0.39, 0.29) is 18.0 Å². The smallest absolute Gasteiger partial charge is 0.416 e. The number of halogens is 3. The van der Waals surface area contributed by atoms with Gasteiger partial charge < -0.3 is 20.3 Å². The standard InChI is InChI=1S/C14H18F3NO3/c15-14(16,17)10-3-11(18-6-12(20)7-19)5-13(4-10)21-8-9-1-2-9/h3-5,9,12,18-20H,1-2,6-8H2. The van der Waals surface area contributed by atoms with Gasteiger partial charge in [-0.15, -0.1) is 0 Å². The summed E-state index contributed by atoms with van der Waals surface area (Å²) in [7, 11) is 0. The molecule has 0 bridgehead atoms. The van der Waals surface area contributed by atoms with Crippen molar-refractivity contribution in [3.8, 4) is 5.75 Å². The highest BCUT2D eigenvalue weighted by atomic mass is 19.4. The molecule has 1 unspecified atom stereocenters. The van der Waals surface area contributed by atoms with Crippen LogP contribution in [0.2, 0.25) is 0 Å². The molecule has 1 fully saturated rings. The fourth-order valence-electron chi connectivity index (χ4n) is 1.75. The first-order chi connectivity index (χ1) is 9.88. The summed E-state index contributed by atoms with van der Waals surface area (Å²) >= 11 is 0. The Bertz CT molecular complexity index is 475. The third kappa shape index (κ3) is 5.09. The van der Waals surface area contributed by atoms with Crippen LogP contribution in [0, 0.1) is 5.92 Å². The number of rotatable bonds is 7.